The molecule has 4 rings (SSSR count). The summed E-state index contributed by atoms with van der Waals surface area (Å²) in [6, 6.07) is 13.6. The van der Waals surface area contributed by atoms with Crippen LogP contribution in [0.25, 0.3) is 5.70 Å². The molecule has 1 amide bonds. The van der Waals surface area contributed by atoms with Gasteiger partial charge in [-0.2, -0.15) is 10.3 Å². The van der Waals surface area contributed by atoms with Crippen molar-refractivity contribution in [2.45, 2.75) is 19.3 Å². The fraction of sp³-hybridized carbons (Fsp3) is 0.261. The van der Waals surface area contributed by atoms with E-state index in [1.165, 1.54) is 0 Å². The van der Waals surface area contributed by atoms with Gasteiger partial charge in [0.25, 0.3) is 5.91 Å². The Balaban J connectivity index is 1.78. The number of nitrogens with zero attached hydrogens (tertiary/aromatic N) is 3. The van der Waals surface area contributed by atoms with Gasteiger partial charge in [-0.25, -0.2) is 0 Å². The first kappa shape index (κ1) is 20.4. The van der Waals surface area contributed by atoms with Crippen molar-refractivity contribution in [1.29, 1.82) is 5.26 Å². The van der Waals surface area contributed by atoms with Crippen molar-refractivity contribution < 1.29 is 14.3 Å². The summed E-state index contributed by atoms with van der Waals surface area (Å²) in [5.74, 6) is 1.72. The van der Waals surface area contributed by atoms with Gasteiger partial charge < -0.3 is 14.4 Å². The summed E-state index contributed by atoms with van der Waals surface area (Å²) in [6.07, 6.45) is 1.87. The SMILES string of the molecule is COc1cc2c(cc1OC)C1=C(C#N)CCC(=NC(=O)c3cccc(I)c3)N1CC2. The van der Waals surface area contributed by atoms with Crippen LogP contribution in [0.1, 0.15) is 34.3 Å². The lowest BCUT2D eigenvalue weighted by molar-refractivity contribution is 0.100. The average Bonchev–Trinajstić information content (AvgIpc) is 2.77. The third-order valence-corrected chi connectivity index (χ3v) is 6.04. The van der Waals surface area contributed by atoms with Crippen molar-refractivity contribution in [2.24, 2.45) is 4.99 Å². The zero-order valence-corrected chi connectivity index (χ0v) is 18.9. The molecule has 2 aromatic carbocycles. The van der Waals surface area contributed by atoms with Crippen LogP contribution in [0.2, 0.25) is 0 Å². The van der Waals surface area contributed by atoms with E-state index in [0.29, 0.717) is 47.9 Å². The van der Waals surface area contributed by atoms with Crippen molar-refractivity contribution in [3.63, 3.8) is 0 Å². The molecular formula is C23H20IN3O3. The number of carbonyl (C=O) groups excluding carboxylic acids is 1. The van der Waals surface area contributed by atoms with Crippen LogP contribution >= 0.6 is 22.6 Å². The second-order valence-corrected chi connectivity index (χ2v) is 8.29. The zero-order chi connectivity index (χ0) is 21.3. The Kier molecular flexibility index (Phi) is 5.77. The van der Waals surface area contributed by atoms with E-state index in [9.17, 15) is 10.1 Å². The molecule has 0 aromatic heterocycles. The normalized spacial score (nSPS) is 16.6. The highest BCUT2D eigenvalue weighted by Gasteiger charge is 2.32. The topological polar surface area (TPSA) is 74.9 Å². The molecular weight excluding hydrogens is 493 g/mol. The second kappa shape index (κ2) is 8.48. The van der Waals surface area contributed by atoms with Gasteiger partial charge in [0.1, 0.15) is 5.84 Å². The minimum Gasteiger partial charge on any atom is -0.493 e. The molecule has 0 bridgehead atoms. The number of rotatable bonds is 3. The van der Waals surface area contributed by atoms with Gasteiger partial charge in [0.15, 0.2) is 11.5 Å². The molecule has 0 atom stereocenters. The predicted octanol–water partition coefficient (Wildman–Crippen LogP) is 4.43. The van der Waals surface area contributed by atoms with Gasteiger partial charge in [-0.1, -0.05) is 6.07 Å². The van der Waals surface area contributed by atoms with Crippen LogP contribution < -0.4 is 9.47 Å². The van der Waals surface area contributed by atoms with Crippen LogP contribution in [0.5, 0.6) is 11.5 Å². The van der Waals surface area contributed by atoms with E-state index in [2.05, 4.69) is 33.7 Å². The quantitative estimate of drug-likeness (QED) is 0.568. The minimum absolute atomic E-state index is 0.263. The van der Waals surface area contributed by atoms with Crippen molar-refractivity contribution in [3.8, 4) is 17.6 Å². The third kappa shape index (κ3) is 3.67. The number of halogens is 1. The molecule has 6 nitrogen and oxygen atoms in total. The highest BCUT2D eigenvalue weighted by Crippen LogP contribution is 2.41. The van der Waals surface area contributed by atoms with Crippen LogP contribution in [0, 0.1) is 14.9 Å². The van der Waals surface area contributed by atoms with E-state index in [-0.39, 0.29) is 5.91 Å². The van der Waals surface area contributed by atoms with E-state index in [1.807, 2.05) is 35.2 Å². The standard InChI is InChI=1S/C23H20IN3O3/c1-29-19-11-14-8-9-27-21(26-23(28)15-4-3-5-17(24)10-15)7-6-16(13-25)22(27)18(14)12-20(19)30-2/h3-5,10-12H,6-9H2,1-2H3. The lowest BCUT2D eigenvalue weighted by atomic mass is 9.89. The van der Waals surface area contributed by atoms with Gasteiger partial charge >= 0.3 is 0 Å². The van der Waals surface area contributed by atoms with Crippen molar-refractivity contribution in [2.75, 3.05) is 20.8 Å². The fourth-order valence-corrected chi connectivity index (χ4v) is 4.48. The van der Waals surface area contributed by atoms with Crippen LogP contribution in [-0.2, 0) is 6.42 Å². The predicted molar refractivity (Wildman–Crippen MR) is 123 cm³/mol. The Morgan fingerprint density at radius 3 is 2.60 bits per heavy atom. The number of benzene rings is 2. The van der Waals surface area contributed by atoms with Crippen LogP contribution in [0.15, 0.2) is 47.0 Å². The lowest BCUT2D eigenvalue weighted by Crippen LogP contribution is -2.38. The van der Waals surface area contributed by atoms with Gasteiger partial charge in [0.2, 0.25) is 0 Å². The second-order valence-electron chi connectivity index (χ2n) is 7.05. The molecule has 0 saturated carbocycles. The Bertz CT molecular complexity index is 1130. The molecule has 0 aliphatic carbocycles. The summed E-state index contributed by atoms with van der Waals surface area (Å²) in [6.45, 7) is 0.654. The van der Waals surface area contributed by atoms with E-state index < -0.39 is 0 Å². The Morgan fingerprint density at radius 2 is 1.90 bits per heavy atom. The third-order valence-electron chi connectivity index (χ3n) is 5.37. The molecule has 0 N–H and O–H groups in total. The minimum atomic E-state index is -0.263. The van der Waals surface area contributed by atoms with E-state index in [4.69, 9.17) is 9.47 Å². The molecule has 7 heteroatoms. The molecule has 2 aromatic rings. The number of hydrogen-bond donors (Lipinski definition) is 0. The number of amides is 1. The van der Waals surface area contributed by atoms with Crippen molar-refractivity contribution in [1.82, 2.24) is 4.90 Å². The number of allylic oxidation sites excluding steroid dienone is 1. The van der Waals surface area contributed by atoms with Crippen molar-refractivity contribution in [3.05, 3.63) is 62.2 Å². The monoisotopic (exact) mass is 513 g/mol. The fourth-order valence-electron chi connectivity index (χ4n) is 3.94. The first-order valence-corrected chi connectivity index (χ1v) is 10.7. The first-order chi connectivity index (χ1) is 14.5. The maximum Gasteiger partial charge on any atom is 0.278 e. The molecule has 0 saturated heterocycles. The molecule has 2 heterocycles. The van der Waals surface area contributed by atoms with Gasteiger partial charge in [-0.3, -0.25) is 4.79 Å². The highest BCUT2D eigenvalue weighted by molar-refractivity contribution is 14.1. The van der Waals surface area contributed by atoms with Crippen LogP contribution in [0.3, 0.4) is 0 Å². The van der Waals surface area contributed by atoms with E-state index in [1.54, 1.807) is 20.3 Å². The summed E-state index contributed by atoms with van der Waals surface area (Å²) in [4.78, 5) is 19.3. The molecule has 0 spiro atoms. The lowest BCUT2D eigenvalue weighted by Gasteiger charge is -2.38. The summed E-state index contributed by atoms with van der Waals surface area (Å²) in [5.41, 5.74) is 4.11. The van der Waals surface area contributed by atoms with Gasteiger partial charge in [0.05, 0.1) is 31.6 Å². The number of methoxy groups -OCH3 is 2. The van der Waals surface area contributed by atoms with E-state index >= 15 is 0 Å². The maximum atomic E-state index is 12.8. The van der Waals surface area contributed by atoms with Crippen LogP contribution in [0.4, 0.5) is 0 Å². The molecule has 30 heavy (non-hydrogen) atoms. The Morgan fingerprint density at radius 1 is 1.13 bits per heavy atom. The number of amidine groups is 1. The zero-order valence-electron chi connectivity index (χ0n) is 16.7. The molecule has 152 valence electrons. The number of carbonyl (C=O) groups is 1. The largest absolute Gasteiger partial charge is 0.493 e. The number of hydrogen-bond acceptors (Lipinski definition) is 4. The average molecular weight is 513 g/mol. The van der Waals surface area contributed by atoms with Crippen molar-refractivity contribution >= 4 is 40.0 Å². The number of fused-ring (bicyclic) bond motifs is 3. The van der Waals surface area contributed by atoms with E-state index in [0.717, 1.165) is 26.8 Å². The van der Waals surface area contributed by atoms with Gasteiger partial charge in [-0.05, 0) is 71.3 Å². The Labute approximate surface area is 188 Å². The highest BCUT2D eigenvalue weighted by atomic mass is 127. The summed E-state index contributed by atoms with van der Waals surface area (Å²) >= 11 is 2.18. The smallest absolute Gasteiger partial charge is 0.278 e. The summed E-state index contributed by atoms with van der Waals surface area (Å²) in [7, 11) is 3.21. The molecule has 0 unspecified atom stereocenters. The number of nitriles is 1. The van der Waals surface area contributed by atoms with Gasteiger partial charge in [0, 0.05) is 27.7 Å². The maximum absolute atomic E-state index is 12.8. The molecule has 0 fully saturated rings. The van der Waals surface area contributed by atoms with Crippen LogP contribution in [-0.4, -0.2) is 37.4 Å². The molecule has 2 aliphatic rings. The molecule has 2 aliphatic heterocycles. The van der Waals surface area contributed by atoms with Gasteiger partial charge in [-0.15, -0.1) is 0 Å². The number of ether oxygens (including phenoxy) is 2. The molecule has 0 radical (unpaired) electrons. The first-order valence-electron chi connectivity index (χ1n) is 9.59. The Hall–Kier alpha value is -2.86. The summed E-state index contributed by atoms with van der Waals surface area (Å²) in [5, 5.41) is 9.76. The number of aliphatic imine (C=N–C) groups is 1. The summed E-state index contributed by atoms with van der Waals surface area (Å²) < 4.78 is 11.9.